The molecule has 0 aliphatic carbocycles. The van der Waals surface area contributed by atoms with E-state index in [-0.39, 0.29) is 0 Å². The van der Waals surface area contributed by atoms with Crippen molar-refractivity contribution < 1.29 is 9.47 Å². The van der Waals surface area contributed by atoms with Crippen LogP contribution in [-0.2, 0) is 9.47 Å². The highest BCUT2D eigenvalue weighted by Gasteiger charge is 1.94. The van der Waals surface area contributed by atoms with Gasteiger partial charge in [-0.15, -0.1) is 12.3 Å². The number of terminal acetylenes is 1. The van der Waals surface area contributed by atoms with Crippen LogP contribution in [0.4, 0.5) is 0 Å². The molecule has 0 saturated heterocycles. The SMILES string of the molecule is C#CCCCCCCCCCCOCOCCCCCCCCCC. The van der Waals surface area contributed by atoms with Gasteiger partial charge in [0.15, 0.2) is 0 Å². The molecule has 0 amide bonds. The Morgan fingerprint density at radius 2 is 0.960 bits per heavy atom. The van der Waals surface area contributed by atoms with Crippen molar-refractivity contribution in [2.24, 2.45) is 0 Å². The molecule has 0 aromatic heterocycles. The lowest BCUT2D eigenvalue weighted by molar-refractivity contribution is -0.0556. The molecule has 0 atom stereocenters. The quantitative estimate of drug-likeness (QED) is 0.123. The summed E-state index contributed by atoms with van der Waals surface area (Å²) in [5.41, 5.74) is 0. The number of rotatable bonds is 21. The summed E-state index contributed by atoms with van der Waals surface area (Å²) in [5, 5.41) is 0. The maximum atomic E-state index is 5.54. The van der Waals surface area contributed by atoms with Crippen molar-refractivity contribution in [3.05, 3.63) is 0 Å². The van der Waals surface area contributed by atoms with Gasteiger partial charge in [0.25, 0.3) is 0 Å². The zero-order valence-corrected chi connectivity index (χ0v) is 17.0. The monoisotopic (exact) mass is 352 g/mol. The summed E-state index contributed by atoms with van der Waals surface area (Å²) in [4.78, 5) is 0. The largest absolute Gasteiger partial charge is 0.355 e. The first-order valence-electron chi connectivity index (χ1n) is 11.0. The summed E-state index contributed by atoms with van der Waals surface area (Å²) >= 11 is 0. The Bertz CT molecular complexity index is 270. The fourth-order valence-corrected chi connectivity index (χ4v) is 3.01. The summed E-state index contributed by atoms with van der Waals surface area (Å²) in [6.07, 6.45) is 27.3. The standard InChI is InChI=1S/C23H44O2/c1-3-5-7-9-11-13-14-16-18-20-22-25-23-24-21-19-17-15-12-10-8-6-4-2/h1H,4-23H2,2H3. The molecule has 0 spiro atoms. The van der Waals surface area contributed by atoms with E-state index in [2.05, 4.69) is 12.8 Å². The zero-order chi connectivity index (χ0) is 18.3. The summed E-state index contributed by atoms with van der Waals surface area (Å²) < 4.78 is 11.1. The van der Waals surface area contributed by atoms with Crippen molar-refractivity contribution in [3.8, 4) is 12.3 Å². The molecule has 0 aliphatic rings. The van der Waals surface area contributed by atoms with Crippen molar-refractivity contribution in [2.75, 3.05) is 20.0 Å². The molecule has 0 aromatic rings. The van der Waals surface area contributed by atoms with E-state index in [1.807, 2.05) is 0 Å². The van der Waals surface area contributed by atoms with Gasteiger partial charge < -0.3 is 9.47 Å². The Morgan fingerprint density at radius 3 is 1.40 bits per heavy atom. The average molecular weight is 353 g/mol. The normalized spacial score (nSPS) is 10.9. The second-order valence-electron chi connectivity index (χ2n) is 7.19. The Kier molecular flexibility index (Phi) is 23.0. The third-order valence-corrected chi connectivity index (χ3v) is 4.67. The number of ether oxygens (including phenoxy) is 2. The lowest BCUT2D eigenvalue weighted by atomic mass is 10.1. The summed E-state index contributed by atoms with van der Waals surface area (Å²) in [5.74, 6) is 2.70. The fourth-order valence-electron chi connectivity index (χ4n) is 3.01. The van der Waals surface area contributed by atoms with E-state index in [1.54, 1.807) is 0 Å². The molecule has 0 saturated carbocycles. The highest BCUT2D eigenvalue weighted by atomic mass is 16.7. The zero-order valence-electron chi connectivity index (χ0n) is 17.0. The minimum atomic E-state index is 0.478. The van der Waals surface area contributed by atoms with Crippen LogP contribution < -0.4 is 0 Å². The van der Waals surface area contributed by atoms with Crippen LogP contribution in [-0.4, -0.2) is 20.0 Å². The first-order valence-corrected chi connectivity index (χ1v) is 11.0. The van der Waals surface area contributed by atoms with Crippen LogP contribution in [0.15, 0.2) is 0 Å². The highest BCUT2D eigenvalue weighted by Crippen LogP contribution is 2.10. The van der Waals surface area contributed by atoms with Crippen LogP contribution in [0.1, 0.15) is 116 Å². The lowest BCUT2D eigenvalue weighted by Crippen LogP contribution is -2.03. The van der Waals surface area contributed by atoms with Gasteiger partial charge in [0.05, 0.1) is 0 Å². The Morgan fingerprint density at radius 1 is 0.560 bits per heavy atom. The van der Waals surface area contributed by atoms with Gasteiger partial charge in [-0.25, -0.2) is 0 Å². The Balaban J connectivity index is 2.95. The minimum Gasteiger partial charge on any atom is -0.355 e. The first-order chi connectivity index (χ1) is 12.4. The van der Waals surface area contributed by atoms with E-state index in [1.165, 1.54) is 96.3 Å². The summed E-state index contributed by atoms with van der Waals surface area (Å²) in [6, 6.07) is 0. The van der Waals surface area contributed by atoms with Gasteiger partial charge in [0.2, 0.25) is 0 Å². The molecule has 0 aromatic carbocycles. The predicted molar refractivity (Wildman–Crippen MR) is 110 cm³/mol. The van der Waals surface area contributed by atoms with Crippen LogP contribution in [0.2, 0.25) is 0 Å². The van der Waals surface area contributed by atoms with Crippen LogP contribution in [0.25, 0.3) is 0 Å². The van der Waals surface area contributed by atoms with E-state index in [4.69, 9.17) is 15.9 Å². The third kappa shape index (κ3) is 23.5. The number of unbranched alkanes of at least 4 members (excludes halogenated alkanes) is 15. The fraction of sp³-hybridized carbons (Fsp3) is 0.913. The van der Waals surface area contributed by atoms with Crippen LogP contribution in [0.5, 0.6) is 0 Å². The smallest absolute Gasteiger partial charge is 0.146 e. The van der Waals surface area contributed by atoms with Crippen molar-refractivity contribution in [2.45, 2.75) is 116 Å². The average Bonchev–Trinajstić information content (AvgIpc) is 2.63. The maximum absolute atomic E-state index is 5.54. The molecule has 0 bridgehead atoms. The van der Waals surface area contributed by atoms with E-state index < -0.39 is 0 Å². The molecule has 25 heavy (non-hydrogen) atoms. The van der Waals surface area contributed by atoms with Gasteiger partial charge >= 0.3 is 0 Å². The second-order valence-corrected chi connectivity index (χ2v) is 7.19. The third-order valence-electron chi connectivity index (χ3n) is 4.67. The van der Waals surface area contributed by atoms with Crippen LogP contribution in [0.3, 0.4) is 0 Å². The maximum Gasteiger partial charge on any atom is 0.146 e. The van der Waals surface area contributed by atoms with Crippen LogP contribution >= 0.6 is 0 Å². The first kappa shape index (κ1) is 24.5. The molecule has 2 nitrogen and oxygen atoms in total. The van der Waals surface area contributed by atoms with Crippen molar-refractivity contribution in [1.82, 2.24) is 0 Å². The van der Waals surface area contributed by atoms with Gasteiger partial charge in [-0.1, -0.05) is 90.4 Å². The van der Waals surface area contributed by atoms with Gasteiger partial charge in [-0.05, 0) is 19.3 Å². The number of hydrogen-bond donors (Lipinski definition) is 0. The van der Waals surface area contributed by atoms with Gasteiger partial charge in [-0.3, -0.25) is 0 Å². The Hall–Kier alpha value is -0.520. The second kappa shape index (κ2) is 23.5. The number of hydrogen-bond acceptors (Lipinski definition) is 2. The molecule has 0 fully saturated rings. The van der Waals surface area contributed by atoms with Gasteiger partial charge in [0, 0.05) is 19.6 Å². The highest BCUT2D eigenvalue weighted by molar-refractivity contribution is 4.82. The molecule has 0 radical (unpaired) electrons. The molecule has 0 unspecified atom stereocenters. The Labute approximate surface area is 158 Å². The van der Waals surface area contributed by atoms with E-state index in [9.17, 15) is 0 Å². The molecule has 2 heteroatoms. The summed E-state index contributed by atoms with van der Waals surface area (Å²) in [6.45, 7) is 4.45. The minimum absolute atomic E-state index is 0.478. The van der Waals surface area contributed by atoms with E-state index in [0.29, 0.717) is 6.79 Å². The van der Waals surface area contributed by atoms with Crippen molar-refractivity contribution in [1.29, 1.82) is 0 Å². The predicted octanol–water partition coefficient (Wildman–Crippen LogP) is 7.26. The van der Waals surface area contributed by atoms with E-state index in [0.717, 1.165) is 26.1 Å². The molecule has 0 N–H and O–H groups in total. The van der Waals surface area contributed by atoms with Gasteiger partial charge in [0.1, 0.15) is 6.79 Å². The van der Waals surface area contributed by atoms with Gasteiger partial charge in [-0.2, -0.15) is 0 Å². The lowest BCUT2D eigenvalue weighted by Gasteiger charge is -2.06. The van der Waals surface area contributed by atoms with E-state index >= 15 is 0 Å². The molecular formula is C23H44O2. The molecular weight excluding hydrogens is 308 g/mol. The van der Waals surface area contributed by atoms with Crippen LogP contribution in [0, 0.1) is 12.3 Å². The molecule has 0 heterocycles. The molecule has 148 valence electrons. The topological polar surface area (TPSA) is 18.5 Å². The molecule has 0 rings (SSSR count). The van der Waals surface area contributed by atoms with Crippen molar-refractivity contribution >= 4 is 0 Å². The molecule has 0 aliphatic heterocycles. The summed E-state index contributed by atoms with van der Waals surface area (Å²) in [7, 11) is 0. The van der Waals surface area contributed by atoms with Crippen molar-refractivity contribution in [3.63, 3.8) is 0 Å².